The molecule has 1 heterocycles. The van der Waals surface area contributed by atoms with Gasteiger partial charge < -0.3 is 0 Å². The SMILES string of the molecule is Clc1ccc(C=CCc2ncccc2Cl)cc1. The Balaban J connectivity index is 2.03. The fourth-order valence-electron chi connectivity index (χ4n) is 1.45. The summed E-state index contributed by atoms with van der Waals surface area (Å²) in [6.45, 7) is 0. The molecule has 0 fully saturated rings. The van der Waals surface area contributed by atoms with Crippen LogP contribution in [0.2, 0.25) is 10.0 Å². The number of rotatable bonds is 3. The minimum absolute atomic E-state index is 0.702. The van der Waals surface area contributed by atoms with Crippen LogP contribution < -0.4 is 0 Å². The fraction of sp³-hybridized carbons (Fsp3) is 0.0714. The van der Waals surface area contributed by atoms with Crippen molar-refractivity contribution in [2.24, 2.45) is 0 Å². The quantitative estimate of drug-likeness (QED) is 0.786. The Bertz CT molecular complexity index is 518. The molecule has 0 amide bonds. The van der Waals surface area contributed by atoms with Crippen LogP contribution in [0.1, 0.15) is 11.3 Å². The molecule has 17 heavy (non-hydrogen) atoms. The molecule has 3 heteroatoms. The molecular weight excluding hydrogens is 253 g/mol. The van der Waals surface area contributed by atoms with Gasteiger partial charge >= 0.3 is 0 Å². The Labute approximate surface area is 111 Å². The van der Waals surface area contributed by atoms with E-state index in [2.05, 4.69) is 4.98 Å². The van der Waals surface area contributed by atoms with Crippen LogP contribution in [-0.4, -0.2) is 4.98 Å². The number of allylic oxidation sites excluding steroid dienone is 1. The van der Waals surface area contributed by atoms with Crippen molar-refractivity contribution in [3.8, 4) is 0 Å². The Hall–Kier alpha value is -1.31. The summed E-state index contributed by atoms with van der Waals surface area (Å²) < 4.78 is 0. The Kier molecular flexibility index (Phi) is 4.18. The van der Waals surface area contributed by atoms with Crippen molar-refractivity contribution in [2.45, 2.75) is 6.42 Å². The van der Waals surface area contributed by atoms with Gasteiger partial charge in [0.15, 0.2) is 0 Å². The van der Waals surface area contributed by atoms with Gasteiger partial charge in [0.1, 0.15) is 0 Å². The first kappa shape index (κ1) is 12.2. The zero-order chi connectivity index (χ0) is 12.1. The average molecular weight is 264 g/mol. The molecule has 2 aromatic rings. The summed E-state index contributed by atoms with van der Waals surface area (Å²) in [6, 6.07) is 11.4. The van der Waals surface area contributed by atoms with Gasteiger partial charge in [-0.1, -0.05) is 47.5 Å². The molecule has 0 N–H and O–H groups in total. The number of aromatic nitrogens is 1. The van der Waals surface area contributed by atoms with Crippen molar-refractivity contribution in [1.82, 2.24) is 4.98 Å². The smallest absolute Gasteiger partial charge is 0.0627 e. The van der Waals surface area contributed by atoms with Gasteiger partial charge in [-0.25, -0.2) is 0 Å². The minimum atomic E-state index is 0.702. The van der Waals surface area contributed by atoms with Gasteiger partial charge in [-0.2, -0.15) is 0 Å². The first-order valence-electron chi connectivity index (χ1n) is 5.27. The van der Waals surface area contributed by atoms with Crippen molar-refractivity contribution in [1.29, 1.82) is 0 Å². The van der Waals surface area contributed by atoms with Crippen LogP contribution in [0.25, 0.3) is 6.08 Å². The topological polar surface area (TPSA) is 12.9 Å². The predicted octanol–water partition coefficient (Wildman–Crippen LogP) is 4.64. The summed E-state index contributed by atoms with van der Waals surface area (Å²) in [6.07, 6.45) is 6.54. The van der Waals surface area contributed by atoms with Crippen LogP contribution in [0.5, 0.6) is 0 Å². The highest BCUT2D eigenvalue weighted by Gasteiger charge is 1.96. The van der Waals surface area contributed by atoms with Crippen molar-refractivity contribution in [3.63, 3.8) is 0 Å². The van der Waals surface area contributed by atoms with Crippen LogP contribution >= 0.6 is 23.2 Å². The molecule has 0 unspecified atom stereocenters. The van der Waals surface area contributed by atoms with Crippen molar-refractivity contribution in [3.05, 3.63) is 70.0 Å². The largest absolute Gasteiger partial charge is 0.259 e. The van der Waals surface area contributed by atoms with Gasteiger partial charge in [0.05, 0.1) is 10.7 Å². The second-order valence-electron chi connectivity index (χ2n) is 3.59. The lowest BCUT2D eigenvalue weighted by Crippen LogP contribution is -1.87. The van der Waals surface area contributed by atoms with Gasteiger partial charge in [-0.15, -0.1) is 0 Å². The number of nitrogens with zero attached hydrogens (tertiary/aromatic N) is 1. The Morgan fingerprint density at radius 1 is 1.06 bits per heavy atom. The summed E-state index contributed by atoms with van der Waals surface area (Å²) in [5.41, 5.74) is 2.00. The normalized spacial score (nSPS) is 10.9. The van der Waals surface area contributed by atoms with E-state index >= 15 is 0 Å². The Morgan fingerprint density at radius 2 is 1.82 bits per heavy atom. The van der Waals surface area contributed by atoms with Gasteiger partial charge in [0, 0.05) is 17.6 Å². The van der Waals surface area contributed by atoms with Crippen LogP contribution in [0.15, 0.2) is 48.7 Å². The minimum Gasteiger partial charge on any atom is -0.259 e. The van der Waals surface area contributed by atoms with Crippen molar-refractivity contribution >= 4 is 29.3 Å². The fourth-order valence-corrected chi connectivity index (χ4v) is 1.77. The maximum Gasteiger partial charge on any atom is 0.0627 e. The van der Waals surface area contributed by atoms with Crippen LogP contribution in [0.4, 0.5) is 0 Å². The third-order valence-corrected chi connectivity index (χ3v) is 2.92. The lowest BCUT2D eigenvalue weighted by atomic mass is 10.2. The molecule has 0 saturated carbocycles. The second-order valence-corrected chi connectivity index (χ2v) is 4.43. The van der Waals surface area contributed by atoms with Crippen LogP contribution in [-0.2, 0) is 6.42 Å². The molecule has 86 valence electrons. The number of benzene rings is 1. The number of hydrogen-bond donors (Lipinski definition) is 0. The van der Waals surface area contributed by atoms with Crippen LogP contribution in [0, 0.1) is 0 Å². The lowest BCUT2D eigenvalue weighted by molar-refractivity contribution is 1.11. The molecule has 1 aromatic carbocycles. The first-order chi connectivity index (χ1) is 8.25. The van der Waals surface area contributed by atoms with Gasteiger partial charge in [-0.3, -0.25) is 4.98 Å². The highest BCUT2D eigenvalue weighted by molar-refractivity contribution is 6.31. The van der Waals surface area contributed by atoms with Gasteiger partial charge in [0.25, 0.3) is 0 Å². The average Bonchev–Trinajstić information content (AvgIpc) is 2.34. The van der Waals surface area contributed by atoms with E-state index < -0.39 is 0 Å². The van der Waals surface area contributed by atoms with E-state index in [-0.39, 0.29) is 0 Å². The molecule has 0 atom stereocenters. The standard InChI is InChI=1S/C14H11Cl2N/c15-12-8-6-11(7-9-12)3-1-5-14-13(16)4-2-10-17-14/h1-4,6-10H,5H2. The van der Waals surface area contributed by atoms with Crippen LogP contribution in [0.3, 0.4) is 0 Å². The molecular formula is C14H11Cl2N. The number of hydrogen-bond acceptors (Lipinski definition) is 1. The second kappa shape index (κ2) is 5.85. The molecule has 0 bridgehead atoms. The third kappa shape index (κ3) is 3.58. The third-order valence-electron chi connectivity index (χ3n) is 2.33. The monoisotopic (exact) mass is 263 g/mol. The maximum atomic E-state index is 6.01. The van der Waals surface area contributed by atoms with E-state index in [0.717, 1.165) is 22.7 Å². The zero-order valence-corrected chi connectivity index (χ0v) is 10.6. The van der Waals surface area contributed by atoms with E-state index in [4.69, 9.17) is 23.2 Å². The summed E-state index contributed by atoms with van der Waals surface area (Å²) in [5.74, 6) is 0. The van der Waals surface area contributed by atoms with E-state index in [0.29, 0.717) is 5.02 Å². The summed E-state index contributed by atoms with van der Waals surface area (Å²) in [7, 11) is 0. The van der Waals surface area contributed by atoms with E-state index in [1.165, 1.54) is 0 Å². The molecule has 0 saturated heterocycles. The van der Waals surface area contributed by atoms with Gasteiger partial charge in [-0.05, 0) is 29.8 Å². The highest BCUT2D eigenvalue weighted by Crippen LogP contribution is 2.14. The Morgan fingerprint density at radius 3 is 2.53 bits per heavy atom. The molecule has 1 nitrogen and oxygen atoms in total. The van der Waals surface area contributed by atoms with Crippen molar-refractivity contribution < 1.29 is 0 Å². The molecule has 1 aromatic heterocycles. The summed E-state index contributed by atoms with van der Waals surface area (Å²) in [4.78, 5) is 4.22. The molecule has 0 radical (unpaired) electrons. The molecule has 0 aliphatic rings. The predicted molar refractivity (Wildman–Crippen MR) is 73.4 cm³/mol. The van der Waals surface area contributed by atoms with E-state index in [1.807, 2.05) is 48.6 Å². The first-order valence-corrected chi connectivity index (χ1v) is 6.03. The maximum absolute atomic E-state index is 6.01. The summed E-state index contributed by atoms with van der Waals surface area (Å²) >= 11 is 11.8. The van der Waals surface area contributed by atoms with Crippen molar-refractivity contribution in [2.75, 3.05) is 0 Å². The lowest BCUT2D eigenvalue weighted by Gasteiger charge is -1.98. The van der Waals surface area contributed by atoms with E-state index in [1.54, 1.807) is 6.20 Å². The van der Waals surface area contributed by atoms with Gasteiger partial charge in [0.2, 0.25) is 0 Å². The number of pyridine rings is 1. The molecule has 0 spiro atoms. The zero-order valence-electron chi connectivity index (χ0n) is 9.11. The van der Waals surface area contributed by atoms with E-state index in [9.17, 15) is 0 Å². The summed E-state index contributed by atoms with van der Waals surface area (Å²) in [5, 5.41) is 1.45. The number of halogens is 2. The highest BCUT2D eigenvalue weighted by atomic mass is 35.5. The molecule has 0 aliphatic heterocycles. The molecule has 0 aliphatic carbocycles. The molecule has 2 rings (SSSR count).